The third kappa shape index (κ3) is 10.9. The summed E-state index contributed by atoms with van der Waals surface area (Å²) < 4.78 is 6.02. The van der Waals surface area contributed by atoms with Crippen LogP contribution in [0.1, 0.15) is 86.6 Å². The maximum atomic E-state index is 6.51. The predicted octanol–water partition coefficient (Wildman–Crippen LogP) is 12.7. The Balaban J connectivity index is 1.26. The minimum atomic E-state index is 0.554. The molecule has 4 rings (SSSR count). The second-order valence-electron chi connectivity index (χ2n) is 12.9. The van der Waals surface area contributed by atoms with E-state index in [4.69, 9.17) is 10.5 Å². The van der Waals surface area contributed by atoms with Crippen LogP contribution in [0.15, 0.2) is 135 Å². The van der Waals surface area contributed by atoms with E-state index >= 15 is 0 Å². The maximum Gasteiger partial charge on any atom is 0.127 e. The van der Waals surface area contributed by atoms with Gasteiger partial charge < -0.3 is 10.5 Å². The van der Waals surface area contributed by atoms with E-state index < -0.39 is 0 Å². The number of allylic oxidation sites excluding steroid dienone is 5. The van der Waals surface area contributed by atoms with Crippen molar-refractivity contribution >= 4 is 33.9 Å². The number of fused-ring (bicyclic) bond motifs is 1. The van der Waals surface area contributed by atoms with Crippen LogP contribution in [-0.2, 0) is 12.8 Å². The number of rotatable bonds is 18. The lowest BCUT2D eigenvalue weighted by Gasteiger charge is -2.13. The molecule has 0 bridgehead atoms. The van der Waals surface area contributed by atoms with Crippen molar-refractivity contribution in [3.8, 4) is 5.75 Å². The molecule has 0 aromatic heterocycles. The fourth-order valence-electron chi connectivity index (χ4n) is 5.61. The molecule has 47 heavy (non-hydrogen) atoms. The Morgan fingerprint density at radius 1 is 0.702 bits per heavy atom. The van der Waals surface area contributed by atoms with E-state index in [2.05, 4.69) is 69.3 Å². The van der Waals surface area contributed by atoms with Gasteiger partial charge >= 0.3 is 0 Å². The zero-order chi connectivity index (χ0) is 33.8. The minimum Gasteiger partial charge on any atom is -0.457 e. The Morgan fingerprint density at radius 3 is 2.06 bits per heavy atom. The Morgan fingerprint density at radius 2 is 1.36 bits per heavy atom. The number of benzene rings is 4. The van der Waals surface area contributed by atoms with E-state index in [1.165, 1.54) is 60.4 Å². The van der Waals surface area contributed by atoms with Crippen molar-refractivity contribution in [1.82, 2.24) is 0 Å². The van der Waals surface area contributed by atoms with Crippen molar-refractivity contribution in [2.75, 3.05) is 5.73 Å². The highest BCUT2D eigenvalue weighted by molar-refractivity contribution is 5.87. The lowest BCUT2D eigenvalue weighted by Crippen LogP contribution is -2.00. The normalized spacial score (nSPS) is 11.1. The quantitative estimate of drug-likeness (QED) is 0.0519. The Labute approximate surface area is 283 Å². The fourth-order valence-corrected chi connectivity index (χ4v) is 5.61. The van der Waals surface area contributed by atoms with Crippen molar-refractivity contribution < 1.29 is 4.74 Å². The summed E-state index contributed by atoms with van der Waals surface area (Å²) >= 11 is 0. The number of nitrogen functional groups attached to an aromatic ring is 1. The summed E-state index contributed by atoms with van der Waals surface area (Å²) in [4.78, 5) is 0. The summed E-state index contributed by atoms with van der Waals surface area (Å²) in [5.41, 5.74) is 17.1. The van der Waals surface area contributed by atoms with Crippen LogP contribution < -0.4 is 10.5 Å². The molecule has 0 radical (unpaired) electrons. The molecule has 0 aliphatic heterocycles. The molecule has 0 amide bonds. The van der Waals surface area contributed by atoms with Crippen molar-refractivity contribution in [2.45, 2.75) is 71.6 Å². The number of unbranched alkanes of at least 4 members (excludes halogenated alkanes) is 5. The standard InChI is InChI=1S/C45H51NO/c1-32(2)16-17-37-19-26-44(27-20-37)47-36(7)40-23-25-43(45(46)31-40)28-35(6)39-22-24-41-29-38(18-21-42(41)30-39)15-13-11-9-8-10-12-14-34(5)33(3)4/h16-27,29-31H,1,3,5-15,28,46H2,2,4H3/b17-16+. The Hall–Kier alpha value is -4.82. The molecule has 0 aliphatic rings. The first-order valence-electron chi connectivity index (χ1n) is 16.8. The topological polar surface area (TPSA) is 35.2 Å². The molecule has 0 spiro atoms. The second-order valence-corrected chi connectivity index (χ2v) is 12.9. The third-order valence-corrected chi connectivity index (χ3v) is 8.66. The van der Waals surface area contributed by atoms with Crippen molar-refractivity contribution in [1.29, 1.82) is 0 Å². The Bertz CT molecular complexity index is 1780. The van der Waals surface area contributed by atoms with Crippen LogP contribution >= 0.6 is 0 Å². The molecular formula is C45H51NO. The number of hydrogen-bond acceptors (Lipinski definition) is 2. The van der Waals surface area contributed by atoms with Gasteiger partial charge in [0.2, 0.25) is 0 Å². The molecule has 0 saturated carbocycles. The molecule has 0 heterocycles. The molecule has 0 aliphatic carbocycles. The van der Waals surface area contributed by atoms with Crippen LogP contribution in [0.4, 0.5) is 5.69 Å². The van der Waals surface area contributed by atoms with Crippen LogP contribution in [-0.4, -0.2) is 0 Å². The van der Waals surface area contributed by atoms with Gasteiger partial charge in [-0.25, -0.2) is 0 Å². The number of ether oxygens (including phenoxy) is 1. The number of aryl methyl sites for hydroxylation is 1. The first-order chi connectivity index (χ1) is 22.6. The summed E-state index contributed by atoms with van der Waals surface area (Å²) in [6.07, 6.45) is 14.5. The van der Waals surface area contributed by atoms with Gasteiger partial charge in [0.15, 0.2) is 0 Å². The van der Waals surface area contributed by atoms with Gasteiger partial charge in [0, 0.05) is 11.3 Å². The average Bonchev–Trinajstić information content (AvgIpc) is 3.05. The maximum absolute atomic E-state index is 6.51. The van der Waals surface area contributed by atoms with Gasteiger partial charge in [0.05, 0.1) is 0 Å². The van der Waals surface area contributed by atoms with Gasteiger partial charge in [-0.1, -0.05) is 142 Å². The lowest BCUT2D eigenvalue weighted by molar-refractivity contribution is 0.516. The number of nitrogens with two attached hydrogens (primary N) is 1. The SMILES string of the molecule is C=C(C)/C=C/c1ccc(OC(=C)c2ccc(CC(=C)c3ccc4cc(CCCCCCCCC(=C)C(=C)C)ccc4c3)c(N)c2)cc1. The van der Waals surface area contributed by atoms with E-state index in [1.54, 1.807) is 0 Å². The fraction of sp³-hybridized carbons (Fsp3) is 0.244. The molecule has 0 unspecified atom stereocenters. The van der Waals surface area contributed by atoms with Gasteiger partial charge in [0.1, 0.15) is 11.5 Å². The van der Waals surface area contributed by atoms with Gasteiger partial charge in [-0.15, -0.1) is 0 Å². The molecule has 242 valence electrons. The highest BCUT2D eigenvalue weighted by Crippen LogP contribution is 2.29. The van der Waals surface area contributed by atoms with Crippen LogP contribution in [0.5, 0.6) is 5.75 Å². The average molecular weight is 622 g/mol. The summed E-state index contributed by atoms with van der Waals surface area (Å²) in [5, 5.41) is 2.51. The highest BCUT2D eigenvalue weighted by atomic mass is 16.5. The molecule has 4 aromatic carbocycles. The van der Waals surface area contributed by atoms with Gasteiger partial charge in [-0.2, -0.15) is 0 Å². The van der Waals surface area contributed by atoms with E-state index in [0.29, 0.717) is 17.9 Å². The van der Waals surface area contributed by atoms with Gasteiger partial charge in [-0.05, 0) is 109 Å². The summed E-state index contributed by atoms with van der Waals surface area (Å²) in [6.45, 7) is 24.5. The monoisotopic (exact) mass is 621 g/mol. The molecule has 2 N–H and O–H groups in total. The van der Waals surface area contributed by atoms with Crippen LogP contribution in [0, 0.1) is 0 Å². The Kier molecular flexibility index (Phi) is 12.8. The zero-order valence-electron chi connectivity index (χ0n) is 28.5. The summed E-state index contributed by atoms with van der Waals surface area (Å²) in [5.74, 6) is 1.28. The first kappa shape index (κ1) is 35.0. The minimum absolute atomic E-state index is 0.554. The van der Waals surface area contributed by atoms with E-state index in [9.17, 15) is 0 Å². The number of anilines is 1. The molecule has 0 atom stereocenters. The van der Waals surface area contributed by atoms with Crippen molar-refractivity contribution in [2.24, 2.45) is 0 Å². The molecule has 0 fully saturated rings. The first-order valence-corrected chi connectivity index (χ1v) is 16.8. The molecule has 2 heteroatoms. The lowest BCUT2D eigenvalue weighted by atomic mass is 9.94. The third-order valence-electron chi connectivity index (χ3n) is 8.66. The largest absolute Gasteiger partial charge is 0.457 e. The molecule has 0 saturated heterocycles. The summed E-state index contributed by atoms with van der Waals surface area (Å²) in [6, 6.07) is 27.4. The van der Waals surface area contributed by atoms with Crippen LogP contribution in [0.25, 0.3) is 28.2 Å². The van der Waals surface area contributed by atoms with E-state index in [-0.39, 0.29) is 0 Å². The van der Waals surface area contributed by atoms with E-state index in [1.807, 2.05) is 68.5 Å². The van der Waals surface area contributed by atoms with Crippen molar-refractivity contribution in [3.63, 3.8) is 0 Å². The zero-order valence-corrected chi connectivity index (χ0v) is 28.5. The second kappa shape index (κ2) is 17.2. The molecular weight excluding hydrogens is 571 g/mol. The van der Waals surface area contributed by atoms with Gasteiger partial charge in [-0.3, -0.25) is 0 Å². The smallest absolute Gasteiger partial charge is 0.127 e. The number of hydrogen-bond donors (Lipinski definition) is 1. The van der Waals surface area contributed by atoms with Crippen molar-refractivity contribution in [3.05, 3.63) is 162 Å². The van der Waals surface area contributed by atoms with Crippen LogP contribution in [0.2, 0.25) is 0 Å². The summed E-state index contributed by atoms with van der Waals surface area (Å²) in [7, 11) is 0. The molecule has 2 nitrogen and oxygen atoms in total. The van der Waals surface area contributed by atoms with E-state index in [0.717, 1.165) is 57.6 Å². The predicted molar refractivity (Wildman–Crippen MR) is 207 cm³/mol. The molecule has 4 aromatic rings. The van der Waals surface area contributed by atoms with Crippen LogP contribution in [0.3, 0.4) is 0 Å². The highest BCUT2D eigenvalue weighted by Gasteiger charge is 2.10. The van der Waals surface area contributed by atoms with Gasteiger partial charge in [0.25, 0.3) is 0 Å².